The van der Waals surface area contributed by atoms with Gasteiger partial charge in [-0.1, -0.05) is 49.1 Å². The summed E-state index contributed by atoms with van der Waals surface area (Å²) in [5, 5.41) is 3.04. The predicted octanol–water partition coefficient (Wildman–Crippen LogP) is 4.49. The van der Waals surface area contributed by atoms with Crippen molar-refractivity contribution >= 4 is 17.5 Å². The Kier molecular flexibility index (Phi) is 4.96. The molecule has 1 aliphatic heterocycles. The maximum atomic E-state index is 12.8. The molecule has 2 aromatic rings. The lowest BCUT2D eigenvalue weighted by Crippen LogP contribution is -2.37. The highest BCUT2D eigenvalue weighted by molar-refractivity contribution is 5.98. The van der Waals surface area contributed by atoms with Gasteiger partial charge in [-0.3, -0.25) is 9.59 Å². The first-order valence-corrected chi connectivity index (χ1v) is 10.2. The Bertz CT molecular complexity index is 913. The van der Waals surface area contributed by atoms with Gasteiger partial charge in [-0.05, 0) is 49.1 Å². The number of hydrogen-bond donors (Lipinski definition) is 1. The molecule has 0 atom stereocenters. The van der Waals surface area contributed by atoms with Crippen molar-refractivity contribution in [2.24, 2.45) is 0 Å². The molecule has 0 radical (unpaired) electrons. The number of nitrogens with one attached hydrogen (secondary N) is 1. The molecule has 1 N–H and O–H groups in total. The van der Waals surface area contributed by atoms with Crippen molar-refractivity contribution in [1.82, 2.24) is 5.32 Å². The fraction of sp³-hybridized carbons (Fsp3) is 0.417. The number of aryl methyl sites for hydroxylation is 1. The van der Waals surface area contributed by atoms with E-state index in [0.717, 1.165) is 30.6 Å². The third-order valence-electron chi connectivity index (χ3n) is 6.31. The van der Waals surface area contributed by atoms with Crippen LogP contribution in [0.1, 0.15) is 66.1 Å². The number of hydrogen-bond acceptors (Lipinski definition) is 2. The number of carbonyl (C=O) groups is 2. The highest BCUT2D eigenvalue weighted by Crippen LogP contribution is 2.49. The van der Waals surface area contributed by atoms with Crippen LogP contribution >= 0.6 is 0 Å². The van der Waals surface area contributed by atoms with Gasteiger partial charge in [-0.2, -0.15) is 0 Å². The Hall–Kier alpha value is -2.62. The van der Waals surface area contributed by atoms with Gasteiger partial charge in [0.15, 0.2) is 0 Å². The van der Waals surface area contributed by atoms with Gasteiger partial charge in [0.2, 0.25) is 5.91 Å². The zero-order valence-corrected chi connectivity index (χ0v) is 16.8. The molecule has 1 saturated carbocycles. The number of nitrogens with zero attached hydrogens (tertiary/aromatic N) is 1. The third kappa shape index (κ3) is 3.44. The van der Waals surface area contributed by atoms with E-state index in [1.807, 2.05) is 35.2 Å². The van der Waals surface area contributed by atoms with E-state index in [1.54, 1.807) is 6.92 Å². The number of amides is 2. The third-order valence-corrected chi connectivity index (χ3v) is 6.31. The number of fused-ring (bicyclic) bond motifs is 2. The standard InChI is InChI=1S/C24H28N2O2/c1-17-7-6-8-19(13-17)15-25-23(28)20-9-10-22-21(14-20)24(11-4-3-5-12-24)16-26(22)18(2)27/h6-10,13-14H,3-5,11-12,15-16H2,1-2H3,(H,25,28). The van der Waals surface area contributed by atoms with Crippen molar-refractivity contribution in [1.29, 1.82) is 0 Å². The van der Waals surface area contributed by atoms with E-state index in [-0.39, 0.29) is 17.2 Å². The maximum Gasteiger partial charge on any atom is 0.251 e. The fourth-order valence-electron chi connectivity index (χ4n) is 4.85. The molecule has 146 valence electrons. The van der Waals surface area contributed by atoms with Crippen molar-refractivity contribution in [3.05, 3.63) is 64.7 Å². The minimum Gasteiger partial charge on any atom is -0.348 e. The average Bonchev–Trinajstić information content (AvgIpc) is 3.00. The Morgan fingerprint density at radius 3 is 2.57 bits per heavy atom. The van der Waals surface area contributed by atoms with E-state index < -0.39 is 0 Å². The van der Waals surface area contributed by atoms with Crippen molar-refractivity contribution in [3.63, 3.8) is 0 Å². The number of carbonyl (C=O) groups excluding carboxylic acids is 2. The van der Waals surface area contributed by atoms with Crippen LogP contribution in [0.4, 0.5) is 5.69 Å². The smallest absolute Gasteiger partial charge is 0.251 e. The van der Waals surface area contributed by atoms with Crippen molar-refractivity contribution in [2.75, 3.05) is 11.4 Å². The zero-order chi connectivity index (χ0) is 19.7. The molecule has 4 heteroatoms. The molecule has 1 spiro atoms. The Labute approximate surface area is 166 Å². The molecule has 1 heterocycles. The van der Waals surface area contributed by atoms with Crippen LogP contribution in [0.5, 0.6) is 0 Å². The number of anilines is 1. The molecule has 28 heavy (non-hydrogen) atoms. The lowest BCUT2D eigenvalue weighted by Gasteiger charge is -2.34. The lowest BCUT2D eigenvalue weighted by molar-refractivity contribution is -0.116. The Morgan fingerprint density at radius 1 is 1.07 bits per heavy atom. The molecular formula is C24H28N2O2. The summed E-state index contributed by atoms with van der Waals surface area (Å²) in [4.78, 5) is 26.9. The summed E-state index contributed by atoms with van der Waals surface area (Å²) in [5.41, 5.74) is 5.16. The molecule has 2 amide bonds. The molecule has 0 unspecified atom stereocenters. The van der Waals surface area contributed by atoms with Gasteiger partial charge in [0.1, 0.15) is 0 Å². The molecule has 4 nitrogen and oxygen atoms in total. The normalized spacial score (nSPS) is 17.4. The van der Waals surface area contributed by atoms with Crippen LogP contribution in [0.2, 0.25) is 0 Å². The van der Waals surface area contributed by atoms with Crippen molar-refractivity contribution in [3.8, 4) is 0 Å². The van der Waals surface area contributed by atoms with E-state index in [1.165, 1.54) is 30.4 Å². The lowest BCUT2D eigenvalue weighted by atomic mass is 9.70. The van der Waals surface area contributed by atoms with Gasteiger partial charge in [0.05, 0.1) is 0 Å². The monoisotopic (exact) mass is 376 g/mol. The first-order chi connectivity index (χ1) is 13.5. The minimum atomic E-state index is -0.0588. The van der Waals surface area contributed by atoms with E-state index in [0.29, 0.717) is 12.1 Å². The van der Waals surface area contributed by atoms with E-state index >= 15 is 0 Å². The first kappa shape index (κ1) is 18.7. The molecule has 0 saturated heterocycles. The summed E-state index contributed by atoms with van der Waals surface area (Å²) in [6.45, 7) is 4.96. The second kappa shape index (κ2) is 7.42. The van der Waals surface area contributed by atoms with Crippen LogP contribution in [0, 0.1) is 6.92 Å². The molecule has 2 aromatic carbocycles. The van der Waals surface area contributed by atoms with Gasteiger partial charge in [-0.25, -0.2) is 0 Å². The van der Waals surface area contributed by atoms with Gasteiger partial charge >= 0.3 is 0 Å². The van der Waals surface area contributed by atoms with Crippen molar-refractivity contribution in [2.45, 2.75) is 57.9 Å². The minimum absolute atomic E-state index is 0.0199. The van der Waals surface area contributed by atoms with Crippen LogP contribution in [-0.4, -0.2) is 18.4 Å². The summed E-state index contributed by atoms with van der Waals surface area (Å²) >= 11 is 0. The molecule has 2 aliphatic rings. The highest BCUT2D eigenvalue weighted by Gasteiger charge is 2.44. The molecule has 1 aliphatic carbocycles. The van der Waals surface area contributed by atoms with E-state index in [2.05, 4.69) is 24.4 Å². The highest BCUT2D eigenvalue weighted by atomic mass is 16.2. The van der Waals surface area contributed by atoms with E-state index in [9.17, 15) is 9.59 Å². The summed E-state index contributed by atoms with van der Waals surface area (Å²) in [7, 11) is 0. The molecule has 0 bridgehead atoms. The largest absolute Gasteiger partial charge is 0.348 e. The second-order valence-corrected chi connectivity index (χ2v) is 8.35. The van der Waals surface area contributed by atoms with Crippen LogP contribution in [0.25, 0.3) is 0 Å². The average molecular weight is 377 g/mol. The van der Waals surface area contributed by atoms with E-state index in [4.69, 9.17) is 0 Å². The van der Waals surface area contributed by atoms with Crippen LogP contribution in [-0.2, 0) is 16.8 Å². The fourth-order valence-corrected chi connectivity index (χ4v) is 4.85. The summed E-state index contributed by atoms with van der Waals surface area (Å²) in [6, 6.07) is 14.0. The summed E-state index contributed by atoms with van der Waals surface area (Å²) in [5.74, 6) is 0.0249. The van der Waals surface area contributed by atoms with Crippen LogP contribution < -0.4 is 10.2 Å². The maximum absolute atomic E-state index is 12.8. The van der Waals surface area contributed by atoms with Crippen LogP contribution in [0.15, 0.2) is 42.5 Å². The van der Waals surface area contributed by atoms with Crippen LogP contribution in [0.3, 0.4) is 0 Å². The van der Waals surface area contributed by atoms with Gasteiger partial charge in [0, 0.05) is 36.7 Å². The van der Waals surface area contributed by atoms with Gasteiger partial charge in [-0.15, -0.1) is 0 Å². The van der Waals surface area contributed by atoms with Gasteiger partial charge < -0.3 is 10.2 Å². The molecule has 0 aromatic heterocycles. The molecule has 1 fully saturated rings. The van der Waals surface area contributed by atoms with Crippen molar-refractivity contribution < 1.29 is 9.59 Å². The quantitative estimate of drug-likeness (QED) is 0.858. The molecule has 4 rings (SSSR count). The summed E-state index contributed by atoms with van der Waals surface area (Å²) < 4.78 is 0. The molecular weight excluding hydrogens is 348 g/mol. The predicted molar refractivity (Wildman–Crippen MR) is 112 cm³/mol. The van der Waals surface area contributed by atoms with Gasteiger partial charge in [0.25, 0.3) is 5.91 Å². The first-order valence-electron chi connectivity index (χ1n) is 10.2. The second-order valence-electron chi connectivity index (χ2n) is 8.35. The topological polar surface area (TPSA) is 49.4 Å². The Balaban J connectivity index is 1.59. The number of benzene rings is 2. The zero-order valence-electron chi connectivity index (χ0n) is 16.8. The number of rotatable bonds is 3. The SMILES string of the molecule is CC(=O)N1CC2(CCCCC2)c2cc(C(=O)NCc3cccc(C)c3)ccc21. The summed E-state index contributed by atoms with van der Waals surface area (Å²) in [6.07, 6.45) is 5.83. The Morgan fingerprint density at radius 2 is 1.86 bits per heavy atom.